The van der Waals surface area contributed by atoms with E-state index in [-0.39, 0.29) is 11.9 Å². The lowest BCUT2D eigenvalue weighted by Gasteiger charge is -2.17. The molecule has 0 unspecified atom stereocenters. The zero-order valence-electron chi connectivity index (χ0n) is 8.97. The Labute approximate surface area is 105 Å². The normalized spacial score (nSPS) is 12.2. The lowest BCUT2D eigenvalue weighted by Crippen LogP contribution is -2.26. The van der Waals surface area contributed by atoms with Crippen LogP contribution in [-0.2, 0) is 4.79 Å². The van der Waals surface area contributed by atoms with Gasteiger partial charge in [-0.05, 0) is 24.6 Å². The number of primary amides is 1. The van der Waals surface area contributed by atoms with Crippen molar-refractivity contribution in [2.75, 3.05) is 5.32 Å². The van der Waals surface area contributed by atoms with E-state index in [9.17, 15) is 4.79 Å². The van der Waals surface area contributed by atoms with Crippen LogP contribution in [0.3, 0.4) is 0 Å². The van der Waals surface area contributed by atoms with Crippen molar-refractivity contribution in [1.29, 1.82) is 0 Å². The van der Waals surface area contributed by atoms with Gasteiger partial charge in [0.2, 0.25) is 5.91 Å². The number of rotatable bonds is 5. The lowest BCUT2D eigenvalue weighted by molar-refractivity contribution is -0.118. The van der Waals surface area contributed by atoms with Crippen LogP contribution in [-0.4, -0.2) is 11.9 Å². The number of benzene rings is 1. The Hall–Kier alpha value is -0.930. The predicted molar refractivity (Wildman–Crippen MR) is 68.0 cm³/mol. The van der Waals surface area contributed by atoms with E-state index in [1.54, 1.807) is 18.2 Å². The molecule has 0 aliphatic carbocycles. The number of amides is 1. The highest BCUT2D eigenvalue weighted by molar-refractivity contribution is 6.35. The fraction of sp³-hybridized carbons (Fsp3) is 0.364. The fourth-order valence-corrected chi connectivity index (χ4v) is 1.94. The van der Waals surface area contributed by atoms with E-state index in [0.717, 1.165) is 12.1 Å². The van der Waals surface area contributed by atoms with Gasteiger partial charge in [-0.1, -0.05) is 30.1 Å². The van der Waals surface area contributed by atoms with Gasteiger partial charge in [-0.3, -0.25) is 4.79 Å². The molecule has 0 radical (unpaired) electrons. The zero-order valence-corrected chi connectivity index (χ0v) is 10.5. The molecule has 0 aliphatic rings. The van der Waals surface area contributed by atoms with Crippen molar-refractivity contribution in [1.82, 2.24) is 0 Å². The van der Waals surface area contributed by atoms with Crippen LogP contribution in [0.15, 0.2) is 18.2 Å². The number of carbonyl (C=O) groups is 1. The summed E-state index contributed by atoms with van der Waals surface area (Å²) in [5.74, 6) is -0.326. The van der Waals surface area contributed by atoms with Crippen molar-refractivity contribution in [3.8, 4) is 0 Å². The summed E-state index contributed by atoms with van der Waals surface area (Å²) in [6.07, 6.45) is 1.09. The van der Waals surface area contributed by atoms with Crippen molar-refractivity contribution >= 4 is 34.8 Å². The van der Waals surface area contributed by atoms with Gasteiger partial charge in [0, 0.05) is 28.2 Å². The Morgan fingerprint density at radius 1 is 1.38 bits per heavy atom. The van der Waals surface area contributed by atoms with Gasteiger partial charge in [-0.15, -0.1) is 0 Å². The minimum Gasteiger partial charge on any atom is -0.382 e. The third-order valence-electron chi connectivity index (χ3n) is 2.17. The minimum absolute atomic E-state index is 0.00651. The van der Waals surface area contributed by atoms with Crippen molar-refractivity contribution in [3.63, 3.8) is 0 Å². The summed E-state index contributed by atoms with van der Waals surface area (Å²) in [6.45, 7) is 1.98. The van der Waals surface area contributed by atoms with Crippen LogP contribution >= 0.6 is 23.2 Å². The molecule has 1 rings (SSSR count). The van der Waals surface area contributed by atoms with Crippen LogP contribution in [0.5, 0.6) is 0 Å². The number of hydrogen-bond donors (Lipinski definition) is 2. The van der Waals surface area contributed by atoms with Crippen molar-refractivity contribution < 1.29 is 4.79 Å². The molecular formula is C11H14Cl2N2O. The third-order valence-corrected chi connectivity index (χ3v) is 2.61. The monoisotopic (exact) mass is 260 g/mol. The van der Waals surface area contributed by atoms with Gasteiger partial charge in [0.25, 0.3) is 0 Å². The quantitative estimate of drug-likeness (QED) is 0.855. The molecule has 3 N–H and O–H groups in total. The molecule has 0 fully saturated rings. The van der Waals surface area contributed by atoms with Crippen LogP contribution in [0.1, 0.15) is 19.8 Å². The predicted octanol–water partition coefficient (Wildman–Crippen LogP) is 3.06. The molecule has 5 heteroatoms. The van der Waals surface area contributed by atoms with Gasteiger partial charge in [0.15, 0.2) is 0 Å². The molecule has 0 saturated heterocycles. The van der Waals surface area contributed by atoms with Crippen LogP contribution in [0.4, 0.5) is 5.69 Å². The van der Waals surface area contributed by atoms with Crippen molar-refractivity contribution in [2.24, 2.45) is 5.73 Å². The van der Waals surface area contributed by atoms with Gasteiger partial charge in [0.1, 0.15) is 0 Å². The summed E-state index contributed by atoms with van der Waals surface area (Å²) in [5.41, 5.74) is 5.95. The molecular weight excluding hydrogens is 247 g/mol. The Balaban J connectivity index is 2.73. The van der Waals surface area contributed by atoms with E-state index in [0.29, 0.717) is 16.5 Å². The summed E-state index contributed by atoms with van der Waals surface area (Å²) < 4.78 is 0. The SMILES string of the molecule is CC[C@@H](CC(N)=O)Nc1cc(Cl)cc(Cl)c1. The van der Waals surface area contributed by atoms with Crippen LogP contribution in [0.25, 0.3) is 0 Å². The molecule has 0 saturated carbocycles. The number of anilines is 1. The fourth-order valence-electron chi connectivity index (χ4n) is 1.41. The molecule has 0 spiro atoms. The van der Waals surface area contributed by atoms with E-state index in [1.165, 1.54) is 0 Å². The van der Waals surface area contributed by atoms with Crippen LogP contribution < -0.4 is 11.1 Å². The Morgan fingerprint density at radius 3 is 2.38 bits per heavy atom. The third kappa shape index (κ3) is 4.29. The first-order valence-electron chi connectivity index (χ1n) is 5.02. The number of hydrogen-bond acceptors (Lipinski definition) is 2. The highest BCUT2D eigenvalue weighted by Crippen LogP contribution is 2.23. The highest BCUT2D eigenvalue weighted by Gasteiger charge is 2.10. The Morgan fingerprint density at radius 2 is 1.94 bits per heavy atom. The summed E-state index contributed by atoms with van der Waals surface area (Å²) in [4.78, 5) is 10.8. The maximum absolute atomic E-state index is 10.8. The first kappa shape index (κ1) is 13.1. The molecule has 1 aromatic carbocycles. The van der Waals surface area contributed by atoms with Gasteiger partial charge >= 0.3 is 0 Å². The smallest absolute Gasteiger partial charge is 0.219 e. The van der Waals surface area contributed by atoms with Gasteiger partial charge < -0.3 is 11.1 Å². The minimum atomic E-state index is -0.326. The summed E-state index contributed by atoms with van der Waals surface area (Å²) in [6, 6.07) is 5.18. The van der Waals surface area contributed by atoms with E-state index in [1.807, 2.05) is 6.92 Å². The summed E-state index contributed by atoms with van der Waals surface area (Å²) in [5, 5.41) is 4.29. The van der Waals surface area contributed by atoms with Crippen molar-refractivity contribution in [3.05, 3.63) is 28.2 Å². The first-order valence-corrected chi connectivity index (χ1v) is 5.77. The maximum Gasteiger partial charge on any atom is 0.219 e. The van der Waals surface area contributed by atoms with E-state index in [2.05, 4.69) is 5.32 Å². The van der Waals surface area contributed by atoms with Gasteiger partial charge in [-0.2, -0.15) is 0 Å². The Kier molecular flexibility index (Phi) is 4.90. The zero-order chi connectivity index (χ0) is 12.1. The van der Waals surface area contributed by atoms with Gasteiger partial charge in [0.05, 0.1) is 0 Å². The standard InChI is InChI=1S/C11H14Cl2N2O/c1-2-9(6-11(14)16)15-10-4-7(12)3-8(13)5-10/h3-5,9,15H,2,6H2,1H3,(H2,14,16)/t9-/m0/s1. The van der Waals surface area contributed by atoms with E-state index < -0.39 is 0 Å². The molecule has 16 heavy (non-hydrogen) atoms. The number of carbonyl (C=O) groups excluding carboxylic acids is 1. The molecule has 0 aliphatic heterocycles. The molecule has 1 aromatic rings. The number of halogens is 2. The van der Waals surface area contributed by atoms with Crippen LogP contribution in [0.2, 0.25) is 10.0 Å². The molecule has 0 aromatic heterocycles. The molecule has 88 valence electrons. The molecule has 0 heterocycles. The molecule has 0 bridgehead atoms. The summed E-state index contributed by atoms with van der Waals surface area (Å²) >= 11 is 11.7. The molecule has 3 nitrogen and oxygen atoms in total. The number of nitrogens with one attached hydrogen (secondary N) is 1. The molecule has 1 atom stereocenters. The highest BCUT2D eigenvalue weighted by atomic mass is 35.5. The maximum atomic E-state index is 10.8. The van der Waals surface area contributed by atoms with E-state index in [4.69, 9.17) is 28.9 Å². The molecule has 1 amide bonds. The van der Waals surface area contributed by atoms with E-state index >= 15 is 0 Å². The second-order valence-electron chi connectivity index (χ2n) is 3.58. The second kappa shape index (κ2) is 5.97. The second-order valence-corrected chi connectivity index (χ2v) is 4.45. The average molecular weight is 261 g/mol. The summed E-state index contributed by atoms with van der Waals surface area (Å²) in [7, 11) is 0. The number of nitrogens with two attached hydrogens (primary N) is 1. The van der Waals surface area contributed by atoms with Crippen LogP contribution in [0, 0.1) is 0 Å². The lowest BCUT2D eigenvalue weighted by atomic mass is 10.1. The first-order chi connectivity index (χ1) is 7.51. The Bertz CT molecular complexity index is 362. The average Bonchev–Trinajstić information content (AvgIpc) is 2.14. The topological polar surface area (TPSA) is 55.1 Å². The largest absolute Gasteiger partial charge is 0.382 e. The van der Waals surface area contributed by atoms with Crippen molar-refractivity contribution in [2.45, 2.75) is 25.8 Å². The van der Waals surface area contributed by atoms with Gasteiger partial charge in [-0.25, -0.2) is 0 Å².